The number of piperazine rings is 1. The fourth-order valence-corrected chi connectivity index (χ4v) is 5.75. The Morgan fingerprint density at radius 3 is 2.38 bits per heavy atom. The van der Waals surface area contributed by atoms with Gasteiger partial charge >= 0.3 is 0 Å². The molecule has 2 aromatic carbocycles. The molecule has 5 rings (SSSR count). The van der Waals surface area contributed by atoms with E-state index in [4.69, 9.17) is 10.6 Å². The van der Waals surface area contributed by atoms with Crippen LogP contribution in [0.5, 0.6) is 5.75 Å². The summed E-state index contributed by atoms with van der Waals surface area (Å²) in [5.74, 6) is 5.32. The summed E-state index contributed by atoms with van der Waals surface area (Å²) in [5.41, 5.74) is 2.35. The second-order valence-electron chi connectivity index (χ2n) is 10.6. The predicted molar refractivity (Wildman–Crippen MR) is 150 cm³/mol. The molecule has 2 atom stereocenters. The molecule has 206 valence electrons. The van der Waals surface area contributed by atoms with Gasteiger partial charge in [-0.15, -0.1) is 0 Å². The highest BCUT2D eigenvalue weighted by atomic mass is 16.5. The van der Waals surface area contributed by atoms with E-state index in [1.807, 2.05) is 30.0 Å². The Balaban J connectivity index is 1.45. The molecule has 0 spiro atoms. The van der Waals surface area contributed by atoms with Crippen molar-refractivity contribution < 1.29 is 19.1 Å². The summed E-state index contributed by atoms with van der Waals surface area (Å²) in [7, 11) is 0. The van der Waals surface area contributed by atoms with Crippen molar-refractivity contribution in [2.75, 3.05) is 38.6 Å². The number of rotatable bonds is 7. The number of ether oxygens (including phenoxy) is 1. The second kappa shape index (κ2) is 11.1. The highest BCUT2D eigenvalue weighted by Gasteiger charge is 2.35. The van der Waals surface area contributed by atoms with Crippen LogP contribution >= 0.6 is 0 Å². The average molecular weight is 532 g/mol. The van der Waals surface area contributed by atoms with Crippen LogP contribution in [0.1, 0.15) is 59.9 Å². The maximum atomic E-state index is 14.0. The highest BCUT2D eigenvalue weighted by Crippen LogP contribution is 2.32. The smallest absolute Gasteiger partial charge is 0.295 e. The number of ketones is 1. The fraction of sp³-hybridized carbons (Fsp3) is 0.433. The van der Waals surface area contributed by atoms with Gasteiger partial charge in [-0.3, -0.25) is 24.0 Å². The number of hydrogen-bond donors (Lipinski definition) is 1. The maximum Gasteiger partial charge on any atom is 0.295 e. The minimum atomic E-state index is -0.606. The predicted octanol–water partition coefficient (Wildman–Crippen LogP) is 3.29. The molecule has 2 aliphatic rings. The molecule has 1 aromatic heterocycles. The first kappa shape index (κ1) is 26.7. The Morgan fingerprint density at radius 2 is 1.69 bits per heavy atom. The summed E-state index contributed by atoms with van der Waals surface area (Å²) in [6, 6.07) is 13.8. The van der Waals surface area contributed by atoms with Gasteiger partial charge in [0.05, 0.1) is 23.3 Å². The van der Waals surface area contributed by atoms with Crippen molar-refractivity contribution in [3.05, 3.63) is 65.4 Å². The number of nitrogens with two attached hydrogens (primary N) is 1. The monoisotopic (exact) mass is 531 g/mol. The van der Waals surface area contributed by atoms with Crippen LogP contribution < -0.4 is 10.6 Å². The van der Waals surface area contributed by atoms with E-state index < -0.39 is 11.7 Å². The van der Waals surface area contributed by atoms with Gasteiger partial charge in [0.1, 0.15) is 5.75 Å². The van der Waals surface area contributed by atoms with Crippen LogP contribution in [0.25, 0.3) is 10.9 Å². The van der Waals surface area contributed by atoms with Gasteiger partial charge in [0.2, 0.25) is 0 Å². The Labute approximate surface area is 229 Å². The summed E-state index contributed by atoms with van der Waals surface area (Å²) >= 11 is 0. The summed E-state index contributed by atoms with van der Waals surface area (Å²) in [6.45, 7) is 9.70. The van der Waals surface area contributed by atoms with Crippen molar-refractivity contribution in [2.45, 2.75) is 52.2 Å². The standard InChI is InChI=1S/C30H37N5O4/c1-4-39-27-15-26-23(25(19-35(26)31)28(36)30(38)32-12-8-9-13-32)14-24(27)29(37)34-17-20(2)33(16-21(34)3)18-22-10-6-5-7-11-22/h5-7,10-11,14-15,19-21H,4,8-9,12-13,16-18,31H2,1-3H3/t20-,21+/m0/s1. The van der Waals surface area contributed by atoms with Crippen LogP contribution in [0.2, 0.25) is 0 Å². The number of Topliss-reactive ketones (excluding diaryl/α,β-unsaturated/α-hetero) is 1. The largest absolute Gasteiger partial charge is 0.493 e. The molecular weight excluding hydrogens is 494 g/mol. The number of fused-ring (bicyclic) bond motifs is 1. The molecule has 0 bridgehead atoms. The first-order valence-electron chi connectivity index (χ1n) is 13.8. The summed E-state index contributed by atoms with van der Waals surface area (Å²) in [5, 5.41) is 0.477. The normalized spacial score (nSPS) is 20.0. The summed E-state index contributed by atoms with van der Waals surface area (Å²) in [6.07, 6.45) is 3.25. The topological polar surface area (TPSA) is 101 Å². The number of nitrogen functional groups attached to an aromatic ring is 1. The van der Waals surface area contributed by atoms with Crippen molar-refractivity contribution >= 4 is 28.5 Å². The average Bonchev–Trinajstić information content (AvgIpc) is 3.58. The number of carbonyl (C=O) groups excluding carboxylic acids is 3. The van der Waals surface area contributed by atoms with E-state index in [1.54, 1.807) is 17.0 Å². The molecule has 0 radical (unpaired) electrons. The maximum absolute atomic E-state index is 14.0. The van der Waals surface area contributed by atoms with Crippen molar-refractivity contribution in [3.63, 3.8) is 0 Å². The molecule has 0 aliphatic carbocycles. The van der Waals surface area contributed by atoms with Crippen LogP contribution in [0.3, 0.4) is 0 Å². The number of hydrogen-bond acceptors (Lipinski definition) is 6. The van der Waals surface area contributed by atoms with Gasteiger partial charge in [0, 0.05) is 62.5 Å². The van der Waals surface area contributed by atoms with E-state index >= 15 is 0 Å². The number of nitrogens with zero attached hydrogens (tertiary/aromatic N) is 4. The zero-order chi connectivity index (χ0) is 27.7. The van der Waals surface area contributed by atoms with E-state index in [-0.39, 0.29) is 23.6 Å². The lowest BCUT2D eigenvalue weighted by atomic mass is 10.0. The third kappa shape index (κ3) is 5.23. The zero-order valence-corrected chi connectivity index (χ0v) is 22.9. The quantitative estimate of drug-likeness (QED) is 0.285. The molecule has 9 nitrogen and oxygen atoms in total. The first-order chi connectivity index (χ1) is 18.8. The van der Waals surface area contributed by atoms with Crippen LogP contribution in [-0.2, 0) is 11.3 Å². The van der Waals surface area contributed by atoms with Crippen LogP contribution in [0, 0.1) is 0 Å². The molecule has 2 fully saturated rings. The van der Waals surface area contributed by atoms with Gasteiger partial charge in [-0.1, -0.05) is 30.3 Å². The van der Waals surface area contributed by atoms with Crippen molar-refractivity contribution in [1.29, 1.82) is 0 Å². The number of benzene rings is 2. The van der Waals surface area contributed by atoms with Gasteiger partial charge in [0.15, 0.2) is 0 Å². The van der Waals surface area contributed by atoms with Gasteiger partial charge in [-0.05, 0) is 45.2 Å². The van der Waals surface area contributed by atoms with E-state index in [0.29, 0.717) is 48.5 Å². The van der Waals surface area contributed by atoms with Crippen LogP contribution in [0.15, 0.2) is 48.7 Å². The third-order valence-electron chi connectivity index (χ3n) is 7.90. The molecule has 2 saturated heterocycles. The molecule has 9 heteroatoms. The molecule has 39 heavy (non-hydrogen) atoms. The number of aromatic nitrogens is 1. The molecule has 3 heterocycles. The van der Waals surface area contributed by atoms with E-state index in [2.05, 4.69) is 30.9 Å². The SMILES string of the molecule is CCOc1cc2c(cc1C(=O)N1C[C@H](C)N(Cc3ccccc3)C[C@H]1C)c(C(=O)C(=O)N1CCCC1)cn2N. The summed E-state index contributed by atoms with van der Waals surface area (Å²) < 4.78 is 7.21. The Hall–Kier alpha value is -3.85. The molecule has 2 N–H and O–H groups in total. The van der Waals surface area contributed by atoms with Gasteiger partial charge in [-0.25, -0.2) is 0 Å². The lowest BCUT2D eigenvalue weighted by Crippen LogP contribution is -2.57. The fourth-order valence-electron chi connectivity index (χ4n) is 5.75. The number of likely N-dealkylation sites (tertiary alicyclic amines) is 1. The van der Waals surface area contributed by atoms with Crippen LogP contribution in [-0.4, -0.2) is 81.8 Å². The van der Waals surface area contributed by atoms with E-state index in [1.165, 1.54) is 16.4 Å². The first-order valence-corrected chi connectivity index (χ1v) is 13.8. The molecule has 0 unspecified atom stereocenters. The Bertz CT molecular complexity index is 1380. The molecular formula is C30H37N5O4. The van der Waals surface area contributed by atoms with Crippen molar-refractivity contribution in [3.8, 4) is 5.75 Å². The van der Waals surface area contributed by atoms with Gasteiger partial charge in [0.25, 0.3) is 17.6 Å². The third-order valence-corrected chi connectivity index (χ3v) is 7.90. The minimum Gasteiger partial charge on any atom is -0.493 e. The summed E-state index contributed by atoms with van der Waals surface area (Å²) in [4.78, 5) is 46.0. The Kier molecular flexibility index (Phi) is 7.61. The highest BCUT2D eigenvalue weighted by molar-refractivity contribution is 6.45. The molecule has 2 amide bonds. The van der Waals surface area contributed by atoms with Crippen LogP contribution in [0.4, 0.5) is 0 Å². The van der Waals surface area contributed by atoms with E-state index in [0.717, 1.165) is 25.9 Å². The lowest BCUT2D eigenvalue weighted by molar-refractivity contribution is -0.125. The minimum absolute atomic E-state index is 0.0282. The molecule has 0 saturated carbocycles. The number of carbonyl (C=O) groups is 3. The molecule has 3 aromatic rings. The van der Waals surface area contributed by atoms with Crippen molar-refractivity contribution in [2.24, 2.45) is 0 Å². The van der Waals surface area contributed by atoms with Gasteiger partial charge < -0.3 is 20.4 Å². The number of amides is 2. The molecule has 2 aliphatic heterocycles. The second-order valence-corrected chi connectivity index (χ2v) is 10.6. The van der Waals surface area contributed by atoms with Crippen molar-refractivity contribution in [1.82, 2.24) is 19.4 Å². The Morgan fingerprint density at radius 1 is 0.974 bits per heavy atom. The van der Waals surface area contributed by atoms with E-state index in [9.17, 15) is 14.4 Å². The zero-order valence-electron chi connectivity index (χ0n) is 22.9. The lowest BCUT2D eigenvalue weighted by Gasteiger charge is -2.44. The van der Waals surface area contributed by atoms with Gasteiger partial charge in [-0.2, -0.15) is 0 Å².